The Kier molecular flexibility index (Phi) is 8.52. The van der Waals surface area contributed by atoms with Crippen LogP contribution in [0, 0.1) is 5.82 Å². The topological polar surface area (TPSA) is 127 Å². The molecule has 0 aliphatic heterocycles. The zero-order valence-corrected chi connectivity index (χ0v) is 23.9. The minimum absolute atomic E-state index is 0.0232. The molecule has 4 rings (SSSR count). The summed E-state index contributed by atoms with van der Waals surface area (Å²) >= 11 is 16.4. The number of anilines is 1. The van der Waals surface area contributed by atoms with Gasteiger partial charge in [0.05, 0.1) is 49.2 Å². The number of benzene rings is 2. The van der Waals surface area contributed by atoms with Gasteiger partial charge in [-0.1, -0.05) is 29.3 Å². The fraction of sp³-hybridized carbons (Fsp3) is 0.130. The molecule has 0 fully saturated rings. The SMILES string of the molecule is COC(=O)[C@H](Cc1ccc(F)c(Br)c1)NC(=O)c1cc(Cl)c(Cl)cc1NS(=O)(=O)c1nccc2sncc12. The molecule has 2 aromatic carbocycles. The van der Waals surface area contributed by atoms with E-state index < -0.39 is 33.8 Å². The number of fused-ring (bicyclic) bond motifs is 1. The number of ether oxygens (including phenoxy) is 1. The number of amides is 1. The predicted octanol–water partition coefficient (Wildman–Crippen LogP) is 5.21. The maximum atomic E-state index is 13.6. The number of nitrogens with zero attached hydrogens (tertiary/aromatic N) is 2. The van der Waals surface area contributed by atoms with Crippen molar-refractivity contribution in [3.63, 3.8) is 0 Å². The van der Waals surface area contributed by atoms with E-state index in [2.05, 4.69) is 35.3 Å². The molecule has 0 aliphatic carbocycles. The van der Waals surface area contributed by atoms with Crippen LogP contribution in [0.4, 0.5) is 10.1 Å². The van der Waals surface area contributed by atoms with Crippen LogP contribution >= 0.6 is 50.7 Å². The number of rotatable bonds is 8. The first kappa shape index (κ1) is 28.2. The largest absolute Gasteiger partial charge is 0.467 e. The van der Waals surface area contributed by atoms with Crippen molar-refractivity contribution in [3.8, 4) is 0 Å². The molecule has 198 valence electrons. The molecule has 38 heavy (non-hydrogen) atoms. The molecule has 0 aliphatic rings. The Balaban J connectivity index is 1.67. The molecule has 9 nitrogen and oxygen atoms in total. The van der Waals surface area contributed by atoms with Crippen LogP contribution in [0.25, 0.3) is 10.1 Å². The van der Waals surface area contributed by atoms with E-state index in [1.165, 1.54) is 42.7 Å². The maximum Gasteiger partial charge on any atom is 0.328 e. The van der Waals surface area contributed by atoms with Crippen molar-refractivity contribution in [3.05, 3.63) is 80.3 Å². The van der Waals surface area contributed by atoms with Gasteiger partial charge < -0.3 is 10.1 Å². The van der Waals surface area contributed by atoms with Gasteiger partial charge in [0.1, 0.15) is 11.9 Å². The first-order valence-electron chi connectivity index (χ1n) is 10.5. The Morgan fingerprint density at radius 3 is 2.63 bits per heavy atom. The minimum atomic E-state index is -4.31. The molecule has 0 saturated heterocycles. The second-order valence-corrected chi connectivity index (χ2v) is 11.9. The molecule has 0 saturated carbocycles. The van der Waals surface area contributed by atoms with Crippen LogP contribution in [0.2, 0.25) is 10.0 Å². The number of pyridine rings is 1. The highest BCUT2D eigenvalue weighted by Crippen LogP contribution is 2.32. The molecular weight excluding hydrogens is 646 g/mol. The average Bonchev–Trinajstić information content (AvgIpc) is 3.36. The lowest BCUT2D eigenvalue weighted by Gasteiger charge is -2.19. The Bertz CT molecular complexity index is 1670. The summed E-state index contributed by atoms with van der Waals surface area (Å²) in [5.41, 5.74) is 0.104. The third kappa shape index (κ3) is 6.07. The van der Waals surface area contributed by atoms with Gasteiger partial charge in [0.25, 0.3) is 15.9 Å². The van der Waals surface area contributed by atoms with Gasteiger partial charge in [0.2, 0.25) is 0 Å². The molecule has 0 unspecified atom stereocenters. The van der Waals surface area contributed by atoms with Crippen molar-refractivity contribution in [2.24, 2.45) is 0 Å². The summed E-state index contributed by atoms with van der Waals surface area (Å²) in [6.45, 7) is 0. The molecule has 0 spiro atoms. The fourth-order valence-electron chi connectivity index (χ4n) is 3.47. The number of carbonyl (C=O) groups is 2. The third-order valence-electron chi connectivity index (χ3n) is 5.27. The highest BCUT2D eigenvalue weighted by molar-refractivity contribution is 9.10. The first-order chi connectivity index (χ1) is 18.0. The number of nitrogens with one attached hydrogen (secondary N) is 2. The standard InChI is InChI=1S/C23H16BrCl2FN4O5S2/c1-36-23(33)19(7-11-2-3-17(27)14(24)6-11)30-21(32)12-8-15(25)16(26)9-18(12)31-38(34,35)22-13-10-29-37-20(13)4-5-28-22/h2-6,8-10,19,31H,7H2,1H3,(H,30,32)/t19-/m0/s1. The van der Waals surface area contributed by atoms with Crippen LogP contribution < -0.4 is 10.0 Å². The number of sulfonamides is 1. The maximum absolute atomic E-state index is 13.6. The lowest BCUT2D eigenvalue weighted by atomic mass is 10.0. The molecule has 2 heterocycles. The summed E-state index contributed by atoms with van der Waals surface area (Å²) in [6.07, 6.45) is 2.65. The van der Waals surface area contributed by atoms with E-state index in [0.717, 1.165) is 18.6 Å². The number of carbonyl (C=O) groups excluding carboxylic acids is 2. The van der Waals surface area contributed by atoms with Gasteiger partial charge in [0.15, 0.2) is 5.03 Å². The highest BCUT2D eigenvalue weighted by atomic mass is 79.9. The number of hydrogen-bond acceptors (Lipinski definition) is 8. The van der Waals surface area contributed by atoms with Crippen molar-refractivity contribution in [2.75, 3.05) is 11.8 Å². The lowest BCUT2D eigenvalue weighted by molar-refractivity contribution is -0.142. The van der Waals surface area contributed by atoms with E-state index in [1.54, 1.807) is 6.07 Å². The fourth-order valence-corrected chi connectivity index (χ4v) is 6.14. The van der Waals surface area contributed by atoms with Crippen LogP contribution in [0.5, 0.6) is 0 Å². The Hall–Kier alpha value is -2.84. The van der Waals surface area contributed by atoms with Crippen LogP contribution in [-0.2, 0) is 26.0 Å². The molecule has 2 aromatic heterocycles. The van der Waals surface area contributed by atoms with E-state index in [1.807, 2.05) is 0 Å². The van der Waals surface area contributed by atoms with Gasteiger partial charge in [-0.15, -0.1) is 0 Å². The monoisotopic (exact) mass is 660 g/mol. The van der Waals surface area contributed by atoms with Crippen molar-refractivity contribution in [1.29, 1.82) is 0 Å². The molecule has 4 aromatic rings. The van der Waals surface area contributed by atoms with Crippen LogP contribution in [0.15, 0.2) is 58.3 Å². The number of hydrogen-bond donors (Lipinski definition) is 2. The second-order valence-electron chi connectivity index (χ2n) is 7.77. The summed E-state index contributed by atoms with van der Waals surface area (Å²) in [5, 5.41) is 2.47. The van der Waals surface area contributed by atoms with Crippen molar-refractivity contribution in [2.45, 2.75) is 17.5 Å². The van der Waals surface area contributed by atoms with E-state index in [-0.39, 0.29) is 37.2 Å². The average molecular weight is 662 g/mol. The van der Waals surface area contributed by atoms with Gasteiger partial charge in [-0.3, -0.25) is 9.52 Å². The van der Waals surface area contributed by atoms with Crippen LogP contribution in [0.3, 0.4) is 0 Å². The summed E-state index contributed by atoms with van der Waals surface area (Å²) in [4.78, 5) is 29.7. The third-order valence-corrected chi connectivity index (χ3v) is 8.68. The molecule has 1 amide bonds. The number of methoxy groups -OCH3 is 1. The number of halogens is 4. The lowest BCUT2D eigenvalue weighted by Crippen LogP contribution is -2.43. The predicted molar refractivity (Wildman–Crippen MR) is 146 cm³/mol. The quantitative estimate of drug-likeness (QED) is 0.248. The summed E-state index contributed by atoms with van der Waals surface area (Å²) in [7, 11) is -3.16. The number of esters is 1. The van der Waals surface area contributed by atoms with Crippen LogP contribution in [-0.4, -0.2) is 42.8 Å². The molecule has 1 atom stereocenters. The molecular formula is C23H16BrCl2FN4O5S2. The molecule has 0 radical (unpaired) electrons. The Morgan fingerprint density at radius 2 is 1.92 bits per heavy atom. The van der Waals surface area contributed by atoms with E-state index in [0.29, 0.717) is 15.6 Å². The number of aromatic nitrogens is 2. The van der Waals surface area contributed by atoms with Gasteiger partial charge in [-0.25, -0.2) is 14.2 Å². The Morgan fingerprint density at radius 1 is 1.18 bits per heavy atom. The van der Waals surface area contributed by atoms with E-state index in [9.17, 15) is 22.4 Å². The first-order valence-corrected chi connectivity index (χ1v) is 14.3. The van der Waals surface area contributed by atoms with Crippen molar-refractivity contribution < 1.29 is 27.1 Å². The van der Waals surface area contributed by atoms with E-state index >= 15 is 0 Å². The van der Waals surface area contributed by atoms with Crippen molar-refractivity contribution >= 4 is 88.3 Å². The molecule has 15 heteroatoms. The normalized spacial score (nSPS) is 12.2. The van der Waals surface area contributed by atoms with E-state index in [4.69, 9.17) is 27.9 Å². The second kappa shape index (κ2) is 11.5. The smallest absolute Gasteiger partial charge is 0.328 e. The van der Waals surface area contributed by atoms with Crippen molar-refractivity contribution in [1.82, 2.24) is 14.7 Å². The summed E-state index contributed by atoms with van der Waals surface area (Å²) < 4.78 is 52.0. The zero-order chi connectivity index (χ0) is 27.6. The minimum Gasteiger partial charge on any atom is -0.467 e. The summed E-state index contributed by atoms with van der Waals surface area (Å²) in [6, 6.07) is 6.88. The zero-order valence-electron chi connectivity index (χ0n) is 19.2. The molecule has 2 N–H and O–H groups in total. The van der Waals surface area contributed by atoms with Gasteiger partial charge in [-0.2, -0.15) is 12.8 Å². The van der Waals surface area contributed by atoms with Gasteiger partial charge >= 0.3 is 5.97 Å². The summed E-state index contributed by atoms with van der Waals surface area (Å²) in [5.74, 6) is -2.12. The van der Waals surface area contributed by atoms with Gasteiger partial charge in [-0.05, 0) is 63.4 Å². The molecule has 0 bridgehead atoms. The van der Waals surface area contributed by atoms with Gasteiger partial charge in [0, 0.05) is 12.6 Å². The highest BCUT2D eigenvalue weighted by Gasteiger charge is 2.27. The van der Waals surface area contributed by atoms with Crippen LogP contribution in [0.1, 0.15) is 15.9 Å². The Labute approximate surface area is 238 Å².